The van der Waals surface area contributed by atoms with Crippen molar-refractivity contribution in [3.8, 4) is 0 Å². The van der Waals surface area contributed by atoms with Gasteiger partial charge in [-0.25, -0.2) is 0 Å². The molecule has 0 rings (SSSR count). The molecule has 0 aliphatic heterocycles. The third-order valence-corrected chi connectivity index (χ3v) is 3.36. The Balaban J connectivity index is 3.25. The first-order valence-corrected chi connectivity index (χ1v) is 8.04. The van der Waals surface area contributed by atoms with Gasteiger partial charge in [0, 0.05) is 6.42 Å². The SMILES string of the molecule is CCCCCCCCCC(O)CCCC(=O)OCC. The minimum atomic E-state index is -0.245. The summed E-state index contributed by atoms with van der Waals surface area (Å²) in [4.78, 5) is 11.1. The summed E-state index contributed by atoms with van der Waals surface area (Å²) in [5.74, 6) is -0.148. The summed E-state index contributed by atoms with van der Waals surface area (Å²) in [7, 11) is 0. The molecule has 3 nitrogen and oxygen atoms in total. The third kappa shape index (κ3) is 13.7. The summed E-state index contributed by atoms with van der Waals surface area (Å²) >= 11 is 0. The van der Waals surface area contributed by atoms with Crippen molar-refractivity contribution in [1.29, 1.82) is 0 Å². The van der Waals surface area contributed by atoms with E-state index in [1.165, 1.54) is 38.5 Å². The summed E-state index contributed by atoms with van der Waals surface area (Å²) in [5, 5.41) is 9.78. The van der Waals surface area contributed by atoms with Crippen LogP contribution < -0.4 is 0 Å². The first kappa shape index (κ1) is 18.4. The quantitative estimate of drug-likeness (QED) is 0.403. The molecule has 0 saturated heterocycles. The van der Waals surface area contributed by atoms with Crippen molar-refractivity contribution in [2.75, 3.05) is 6.61 Å². The van der Waals surface area contributed by atoms with Gasteiger partial charge in [0.1, 0.15) is 0 Å². The highest BCUT2D eigenvalue weighted by Gasteiger charge is 2.06. The van der Waals surface area contributed by atoms with Crippen molar-refractivity contribution in [3.63, 3.8) is 0 Å². The second-order valence-electron chi connectivity index (χ2n) is 5.26. The number of aliphatic hydroxyl groups is 1. The van der Waals surface area contributed by atoms with Crippen LogP contribution in [0.1, 0.15) is 84.5 Å². The molecule has 0 aromatic heterocycles. The molecule has 19 heavy (non-hydrogen) atoms. The Morgan fingerprint density at radius 1 is 0.947 bits per heavy atom. The molecule has 1 unspecified atom stereocenters. The molecule has 0 bridgehead atoms. The molecule has 0 spiro atoms. The fourth-order valence-electron chi connectivity index (χ4n) is 2.20. The molecule has 0 aliphatic rings. The summed E-state index contributed by atoms with van der Waals surface area (Å²) in [6, 6.07) is 0. The molecule has 114 valence electrons. The molecule has 0 amide bonds. The van der Waals surface area contributed by atoms with E-state index in [9.17, 15) is 9.90 Å². The van der Waals surface area contributed by atoms with Crippen LogP contribution in [0, 0.1) is 0 Å². The van der Waals surface area contributed by atoms with Gasteiger partial charge < -0.3 is 9.84 Å². The Morgan fingerprint density at radius 3 is 2.16 bits per heavy atom. The normalized spacial score (nSPS) is 12.4. The van der Waals surface area contributed by atoms with Gasteiger partial charge in [-0.15, -0.1) is 0 Å². The maximum absolute atomic E-state index is 11.1. The lowest BCUT2D eigenvalue weighted by Crippen LogP contribution is -2.09. The first-order chi connectivity index (χ1) is 9.20. The van der Waals surface area contributed by atoms with Crippen molar-refractivity contribution in [1.82, 2.24) is 0 Å². The summed E-state index contributed by atoms with van der Waals surface area (Å²) < 4.78 is 4.85. The Labute approximate surface area is 118 Å². The van der Waals surface area contributed by atoms with Crippen LogP contribution in [0.2, 0.25) is 0 Å². The van der Waals surface area contributed by atoms with E-state index in [1.54, 1.807) is 0 Å². The monoisotopic (exact) mass is 272 g/mol. The lowest BCUT2D eigenvalue weighted by atomic mass is 10.0. The van der Waals surface area contributed by atoms with E-state index in [2.05, 4.69) is 6.92 Å². The maximum Gasteiger partial charge on any atom is 0.305 e. The fourth-order valence-corrected chi connectivity index (χ4v) is 2.20. The van der Waals surface area contributed by atoms with Crippen molar-refractivity contribution in [3.05, 3.63) is 0 Å². The van der Waals surface area contributed by atoms with Crippen LogP contribution in [0.5, 0.6) is 0 Å². The van der Waals surface area contributed by atoms with Crippen molar-refractivity contribution >= 4 is 5.97 Å². The molecular weight excluding hydrogens is 240 g/mol. The number of hydrogen-bond acceptors (Lipinski definition) is 3. The molecule has 3 heteroatoms. The number of rotatable bonds is 13. The summed E-state index contributed by atoms with van der Waals surface area (Å²) in [6.07, 6.45) is 11.4. The van der Waals surface area contributed by atoms with Gasteiger partial charge in [-0.1, -0.05) is 51.9 Å². The van der Waals surface area contributed by atoms with Crippen LogP contribution in [0.4, 0.5) is 0 Å². The van der Waals surface area contributed by atoms with Crippen LogP contribution in [0.25, 0.3) is 0 Å². The van der Waals surface area contributed by atoms with E-state index < -0.39 is 0 Å². The smallest absolute Gasteiger partial charge is 0.305 e. The van der Waals surface area contributed by atoms with Crippen molar-refractivity contribution < 1.29 is 14.6 Å². The highest BCUT2D eigenvalue weighted by Crippen LogP contribution is 2.12. The minimum absolute atomic E-state index is 0.148. The van der Waals surface area contributed by atoms with Gasteiger partial charge in [-0.3, -0.25) is 4.79 Å². The largest absolute Gasteiger partial charge is 0.466 e. The van der Waals surface area contributed by atoms with Gasteiger partial charge in [-0.2, -0.15) is 0 Å². The third-order valence-electron chi connectivity index (χ3n) is 3.36. The highest BCUT2D eigenvalue weighted by atomic mass is 16.5. The van der Waals surface area contributed by atoms with E-state index in [0.717, 1.165) is 19.3 Å². The van der Waals surface area contributed by atoms with Crippen LogP contribution >= 0.6 is 0 Å². The second kappa shape index (κ2) is 13.9. The van der Waals surface area contributed by atoms with E-state index in [0.29, 0.717) is 19.4 Å². The number of esters is 1. The summed E-state index contributed by atoms with van der Waals surface area (Å²) in [5.41, 5.74) is 0. The Kier molecular flexibility index (Phi) is 13.4. The molecular formula is C16H32O3. The molecule has 0 aromatic carbocycles. The van der Waals surface area contributed by atoms with Crippen LogP contribution in [-0.4, -0.2) is 23.8 Å². The molecule has 0 radical (unpaired) electrons. The molecule has 1 N–H and O–H groups in total. The Bertz CT molecular complexity index is 204. The number of carbonyl (C=O) groups excluding carboxylic acids is 1. The second-order valence-corrected chi connectivity index (χ2v) is 5.26. The average Bonchev–Trinajstić information content (AvgIpc) is 2.38. The lowest BCUT2D eigenvalue weighted by Gasteiger charge is -2.10. The highest BCUT2D eigenvalue weighted by molar-refractivity contribution is 5.69. The van der Waals surface area contributed by atoms with Crippen LogP contribution in [0.3, 0.4) is 0 Å². The Hall–Kier alpha value is -0.570. The van der Waals surface area contributed by atoms with Gasteiger partial charge in [-0.05, 0) is 26.2 Å². The zero-order valence-corrected chi connectivity index (χ0v) is 12.8. The fraction of sp³-hybridized carbons (Fsp3) is 0.938. The van der Waals surface area contributed by atoms with E-state index >= 15 is 0 Å². The van der Waals surface area contributed by atoms with Crippen LogP contribution in [-0.2, 0) is 9.53 Å². The van der Waals surface area contributed by atoms with Gasteiger partial charge >= 0.3 is 5.97 Å². The zero-order valence-electron chi connectivity index (χ0n) is 12.8. The van der Waals surface area contributed by atoms with E-state index in [4.69, 9.17) is 4.74 Å². The predicted octanol–water partition coefficient (Wildman–Crippen LogP) is 4.22. The standard InChI is InChI=1S/C16H32O3/c1-3-5-6-7-8-9-10-12-15(17)13-11-14-16(18)19-4-2/h15,17H,3-14H2,1-2H3. The maximum atomic E-state index is 11.1. The number of ether oxygens (including phenoxy) is 1. The summed E-state index contributed by atoms with van der Waals surface area (Å²) in [6.45, 7) is 4.49. The van der Waals surface area contributed by atoms with Gasteiger partial charge in [0.2, 0.25) is 0 Å². The van der Waals surface area contributed by atoms with Gasteiger partial charge in [0.05, 0.1) is 12.7 Å². The minimum Gasteiger partial charge on any atom is -0.466 e. The number of carbonyl (C=O) groups is 1. The molecule has 0 saturated carbocycles. The topological polar surface area (TPSA) is 46.5 Å². The lowest BCUT2D eigenvalue weighted by molar-refractivity contribution is -0.143. The molecule has 0 aromatic rings. The van der Waals surface area contributed by atoms with Crippen LogP contribution in [0.15, 0.2) is 0 Å². The predicted molar refractivity (Wildman–Crippen MR) is 79.1 cm³/mol. The first-order valence-electron chi connectivity index (χ1n) is 8.04. The molecule has 1 atom stereocenters. The van der Waals surface area contributed by atoms with Crippen molar-refractivity contribution in [2.45, 2.75) is 90.6 Å². The number of hydrogen-bond donors (Lipinski definition) is 1. The molecule has 0 aliphatic carbocycles. The molecule has 0 heterocycles. The average molecular weight is 272 g/mol. The van der Waals surface area contributed by atoms with Crippen molar-refractivity contribution in [2.24, 2.45) is 0 Å². The van der Waals surface area contributed by atoms with Gasteiger partial charge in [0.15, 0.2) is 0 Å². The Morgan fingerprint density at radius 2 is 1.53 bits per heavy atom. The number of unbranched alkanes of at least 4 members (excludes halogenated alkanes) is 6. The van der Waals surface area contributed by atoms with E-state index in [1.807, 2.05) is 6.92 Å². The van der Waals surface area contributed by atoms with Gasteiger partial charge in [0.25, 0.3) is 0 Å². The number of aliphatic hydroxyl groups excluding tert-OH is 1. The van der Waals surface area contributed by atoms with E-state index in [-0.39, 0.29) is 12.1 Å². The zero-order chi connectivity index (χ0) is 14.3. The molecule has 0 fully saturated rings.